The molecular weight excluding hydrogens is 280 g/mol. The minimum atomic E-state index is -0.457. The van der Waals surface area contributed by atoms with Gasteiger partial charge in [0.25, 0.3) is 11.6 Å². The molecule has 0 unspecified atom stereocenters. The third-order valence-electron chi connectivity index (χ3n) is 6.44. The molecule has 0 aromatic heterocycles. The summed E-state index contributed by atoms with van der Waals surface area (Å²) in [6.07, 6.45) is 3.42. The fourth-order valence-corrected chi connectivity index (χ4v) is 4.40. The number of carbonyl (C=O) groups is 1. The number of non-ortho nitro benzene ring substituents is 1. The van der Waals surface area contributed by atoms with Gasteiger partial charge in [-0.1, -0.05) is 20.8 Å². The monoisotopic (exact) mass is 302 g/mol. The van der Waals surface area contributed by atoms with Crippen molar-refractivity contribution in [3.05, 3.63) is 39.9 Å². The molecule has 0 aliphatic heterocycles. The van der Waals surface area contributed by atoms with Crippen LogP contribution in [0.4, 0.5) is 5.69 Å². The molecule has 2 aliphatic rings. The van der Waals surface area contributed by atoms with E-state index < -0.39 is 4.92 Å². The van der Waals surface area contributed by atoms with E-state index in [0.717, 1.165) is 12.8 Å². The van der Waals surface area contributed by atoms with Crippen LogP contribution in [0.25, 0.3) is 0 Å². The molecule has 1 aromatic rings. The van der Waals surface area contributed by atoms with E-state index in [0.29, 0.717) is 11.5 Å². The molecular formula is C17H22N2O3. The Labute approximate surface area is 130 Å². The van der Waals surface area contributed by atoms with Gasteiger partial charge in [0.15, 0.2) is 0 Å². The first-order valence-electron chi connectivity index (χ1n) is 7.81. The molecule has 1 N–H and O–H groups in total. The molecule has 22 heavy (non-hydrogen) atoms. The van der Waals surface area contributed by atoms with Gasteiger partial charge in [-0.2, -0.15) is 0 Å². The summed E-state index contributed by atoms with van der Waals surface area (Å²) < 4.78 is 0. The Hall–Kier alpha value is -1.91. The van der Waals surface area contributed by atoms with Gasteiger partial charge in [0, 0.05) is 23.7 Å². The van der Waals surface area contributed by atoms with Crippen molar-refractivity contribution in [2.24, 2.45) is 16.7 Å². The lowest BCUT2D eigenvalue weighted by Gasteiger charge is -2.39. The third kappa shape index (κ3) is 2.02. The van der Waals surface area contributed by atoms with Gasteiger partial charge in [-0.3, -0.25) is 14.9 Å². The molecule has 3 atom stereocenters. The van der Waals surface area contributed by atoms with Crippen LogP contribution in [0.15, 0.2) is 24.3 Å². The summed E-state index contributed by atoms with van der Waals surface area (Å²) in [5.41, 5.74) is 0.869. The van der Waals surface area contributed by atoms with Crippen LogP contribution in [0.1, 0.15) is 50.4 Å². The summed E-state index contributed by atoms with van der Waals surface area (Å²) in [4.78, 5) is 22.6. The van der Waals surface area contributed by atoms with Gasteiger partial charge in [0.1, 0.15) is 0 Å². The Balaban J connectivity index is 1.74. The molecule has 2 aliphatic carbocycles. The van der Waals surface area contributed by atoms with Gasteiger partial charge in [-0.05, 0) is 48.1 Å². The zero-order chi connectivity index (χ0) is 16.1. The molecule has 0 radical (unpaired) electrons. The molecule has 1 amide bonds. The lowest BCUT2D eigenvalue weighted by molar-refractivity contribution is -0.384. The summed E-state index contributed by atoms with van der Waals surface area (Å²) in [7, 11) is 0. The number of hydrogen-bond acceptors (Lipinski definition) is 3. The van der Waals surface area contributed by atoms with Crippen LogP contribution < -0.4 is 5.32 Å². The summed E-state index contributed by atoms with van der Waals surface area (Å²) in [6, 6.07) is 5.98. The van der Waals surface area contributed by atoms with Crippen LogP contribution in [-0.4, -0.2) is 16.9 Å². The largest absolute Gasteiger partial charge is 0.349 e. The standard InChI is InChI=1S/C17H22N2O3/c1-16(2)12-8-9-17(16,3)14(10-12)18-15(20)11-4-6-13(7-5-11)19(21)22/h4-7,12,14H,8-10H2,1-3H3,(H,18,20)/t12-,14+,17+/m1/s1. The van der Waals surface area contributed by atoms with Gasteiger partial charge >= 0.3 is 0 Å². The summed E-state index contributed by atoms with van der Waals surface area (Å²) in [5, 5.41) is 13.8. The highest BCUT2D eigenvalue weighted by Gasteiger charge is 2.61. The Kier molecular flexibility index (Phi) is 3.27. The molecule has 0 heterocycles. The van der Waals surface area contributed by atoms with E-state index in [1.165, 1.54) is 30.7 Å². The van der Waals surface area contributed by atoms with Gasteiger partial charge in [-0.15, -0.1) is 0 Å². The zero-order valence-corrected chi connectivity index (χ0v) is 13.3. The van der Waals surface area contributed by atoms with Crippen molar-refractivity contribution in [3.63, 3.8) is 0 Å². The maximum Gasteiger partial charge on any atom is 0.269 e. The molecule has 2 fully saturated rings. The number of benzene rings is 1. The Morgan fingerprint density at radius 3 is 2.36 bits per heavy atom. The minimum Gasteiger partial charge on any atom is -0.349 e. The fourth-order valence-electron chi connectivity index (χ4n) is 4.40. The number of nitro groups is 1. The van der Waals surface area contributed by atoms with Crippen LogP contribution in [-0.2, 0) is 0 Å². The second-order valence-corrected chi connectivity index (χ2v) is 7.44. The number of carbonyl (C=O) groups excluding carboxylic acids is 1. The van der Waals surface area contributed by atoms with Gasteiger partial charge in [-0.25, -0.2) is 0 Å². The second-order valence-electron chi connectivity index (χ2n) is 7.44. The number of rotatable bonds is 3. The number of fused-ring (bicyclic) bond motifs is 2. The molecule has 2 saturated carbocycles. The van der Waals surface area contributed by atoms with E-state index in [-0.39, 0.29) is 28.5 Å². The van der Waals surface area contributed by atoms with Crippen LogP contribution in [0, 0.1) is 26.9 Å². The highest BCUT2D eigenvalue weighted by atomic mass is 16.6. The number of amides is 1. The first kappa shape index (κ1) is 15.0. The van der Waals surface area contributed by atoms with E-state index in [9.17, 15) is 14.9 Å². The van der Waals surface area contributed by atoms with Crippen molar-refractivity contribution in [1.82, 2.24) is 5.32 Å². The van der Waals surface area contributed by atoms with Crippen LogP contribution in [0.3, 0.4) is 0 Å². The van der Waals surface area contributed by atoms with E-state index in [1.54, 1.807) is 0 Å². The van der Waals surface area contributed by atoms with Crippen LogP contribution >= 0.6 is 0 Å². The van der Waals surface area contributed by atoms with E-state index in [2.05, 4.69) is 26.1 Å². The summed E-state index contributed by atoms with van der Waals surface area (Å²) in [5.74, 6) is 0.532. The van der Waals surface area contributed by atoms with Gasteiger partial charge in [0.2, 0.25) is 0 Å². The lowest BCUT2D eigenvalue weighted by Crippen LogP contribution is -2.46. The highest BCUT2D eigenvalue weighted by Crippen LogP contribution is 2.65. The van der Waals surface area contributed by atoms with Crippen molar-refractivity contribution >= 4 is 11.6 Å². The average Bonchev–Trinajstić information content (AvgIpc) is 2.80. The van der Waals surface area contributed by atoms with Gasteiger partial charge in [0.05, 0.1) is 4.92 Å². The first-order chi connectivity index (χ1) is 10.3. The van der Waals surface area contributed by atoms with Crippen molar-refractivity contribution in [2.75, 3.05) is 0 Å². The molecule has 2 bridgehead atoms. The topological polar surface area (TPSA) is 72.2 Å². The Bertz CT molecular complexity index is 623. The number of nitro benzene ring substituents is 1. The Morgan fingerprint density at radius 1 is 1.27 bits per heavy atom. The first-order valence-corrected chi connectivity index (χ1v) is 7.81. The van der Waals surface area contributed by atoms with Crippen molar-refractivity contribution < 1.29 is 9.72 Å². The predicted octanol–water partition coefficient (Wildman–Crippen LogP) is 3.54. The van der Waals surface area contributed by atoms with E-state index in [1.807, 2.05) is 0 Å². The summed E-state index contributed by atoms with van der Waals surface area (Å²) >= 11 is 0. The number of nitrogens with zero attached hydrogens (tertiary/aromatic N) is 1. The quantitative estimate of drug-likeness (QED) is 0.685. The molecule has 1 aromatic carbocycles. The van der Waals surface area contributed by atoms with E-state index in [4.69, 9.17) is 0 Å². The molecule has 5 heteroatoms. The fraction of sp³-hybridized carbons (Fsp3) is 0.588. The smallest absolute Gasteiger partial charge is 0.269 e. The molecule has 5 nitrogen and oxygen atoms in total. The molecule has 0 spiro atoms. The maximum atomic E-state index is 12.4. The molecule has 0 saturated heterocycles. The van der Waals surface area contributed by atoms with Crippen molar-refractivity contribution in [2.45, 2.75) is 46.1 Å². The van der Waals surface area contributed by atoms with Crippen LogP contribution in [0.2, 0.25) is 0 Å². The highest BCUT2D eigenvalue weighted by molar-refractivity contribution is 5.94. The van der Waals surface area contributed by atoms with Gasteiger partial charge < -0.3 is 5.32 Å². The zero-order valence-electron chi connectivity index (χ0n) is 13.3. The van der Waals surface area contributed by atoms with Crippen LogP contribution in [0.5, 0.6) is 0 Å². The number of nitrogens with one attached hydrogen (secondary N) is 1. The summed E-state index contributed by atoms with van der Waals surface area (Å²) in [6.45, 7) is 6.90. The maximum absolute atomic E-state index is 12.4. The van der Waals surface area contributed by atoms with E-state index >= 15 is 0 Å². The minimum absolute atomic E-state index is 0.00423. The lowest BCUT2D eigenvalue weighted by atomic mass is 9.69. The normalized spacial score (nSPS) is 32.0. The predicted molar refractivity (Wildman–Crippen MR) is 83.6 cm³/mol. The van der Waals surface area contributed by atoms with Crippen molar-refractivity contribution in [3.8, 4) is 0 Å². The molecule has 118 valence electrons. The number of hydrogen-bond donors (Lipinski definition) is 1. The van der Waals surface area contributed by atoms with Crippen molar-refractivity contribution in [1.29, 1.82) is 0 Å². The molecule has 3 rings (SSSR count). The Morgan fingerprint density at radius 2 is 1.91 bits per heavy atom. The second kappa shape index (κ2) is 4.80. The SMILES string of the molecule is CC1(C)[C@@H]2CC[C@@]1(C)[C@@H](NC(=O)c1ccc([N+](=O)[O-])cc1)C2. The third-order valence-corrected chi connectivity index (χ3v) is 6.44. The average molecular weight is 302 g/mol.